The van der Waals surface area contributed by atoms with Crippen LogP contribution in [0.3, 0.4) is 0 Å². The second-order valence-electron chi connectivity index (χ2n) is 6.67. The normalized spacial score (nSPS) is 17.8. The van der Waals surface area contributed by atoms with E-state index in [0.29, 0.717) is 17.6 Å². The van der Waals surface area contributed by atoms with Crippen LogP contribution in [-0.2, 0) is 5.54 Å². The molecule has 5 heteroatoms. The lowest BCUT2D eigenvalue weighted by Crippen LogP contribution is -2.44. The van der Waals surface area contributed by atoms with Crippen molar-refractivity contribution in [3.05, 3.63) is 41.5 Å². The Hall–Kier alpha value is -1.88. The van der Waals surface area contributed by atoms with Crippen molar-refractivity contribution in [3.63, 3.8) is 0 Å². The maximum absolute atomic E-state index is 6.27. The number of para-hydroxylation sites is 1. The summed E-state index contributed by atoms with van der Waals surface area (Å²) < 4.78 is 11.6. The van der Waals surface area contributed by atoms with Crippen LogP contribution in [0, 0.1) is 0 Å². The summed E-state index contributed by atoms with van der Waals surface area (Å²) in [5.74, 6) is 2.39. The molecule has 3 rings (SSSR count). The zero-order valence-electron chi connectivity index (χ0n) is 14.1. The van der Waals surface area contributed by atoms with E-state index in [1.54, 1.807) is 0 Å². The molecule has 0 aliphatic heterocycles. The topological polar surface area (TPSA) is 74.2 Å². The molecule has 0 radical (unpaired) electrons. The van der Waals surface area contributed by atoms with E-state index in [-0.39, 0.29) is 6.10 Å². The molecule has 1 aromatic carbocycles. The van der Waals surface area contributed by atoms with Crippen LogP contribution in [0.15, 0.2) is 28.8 Å². The first-order valence-corrected chi connectivity index (χ1v) is 8.42. The first-order chi connectivity index (χ1) is 11.0. The molecule has 23 heavy (non-hydrogen) atoms. The van der Waals surface area contributed by atoms with Gasteiger partial charge in [0.1, 0.15) is 5.75 Å². The summed E-state index contributed by atoms with van der Waals surface area (Å²) in [6, 6.07) is 8.10. The molecule has 1 unspecified atom stereocenters. The lowest BCUT2D eigenvalue weighted by atomic mass is 9.77. The average Bonchev–Trinajstić information content (AvgIpc) is 3.00. The summed E-state index contributed by atoms with van der Waals surface area (Å²) in [6.45, 7) is 6.36. The summed E-state index contributed by atoms with van der Waals surface area (Å²) in [7, 11) is 0. The molecule has 2 aromatic rings. The third-order valence-corrected chi connectivity index (χ3v) is 4.59. The summed E-state index contributed by atoms with van der Waals surface area (Å²) in [6.07, 6.45) is 3.46. The zero-order chi connectivity index (χ0) is 16.4. The molecule has 1 aromatic heterocycles. The van der Waals surface area contributed by atoms with Gasteiger partial charge in [-0.3, -0.25) is 0 Å². The monoisotopic (exact) mass is 315 g/mol. The van der Waals surface area contributed by atoms with Crippen molar-refractivity contribution in [2.75, 3.05) is 0 Å². The molecule has 1 atom stereocenters. The van der Waals surface area contributed by atoms with E-state index in [9.17, 15) is 0 Å². The third-order valence-electron chi connectivity index (χ3n) is 4.59. The second kappa shape index (κ2) is 6.32. The predicted molar refractivity (Wildman–Crippen MR) is 88.2 cm³/mol. The Kier molecular flexibility index (Phi) is 4.39. The van der Waals surface area contributed by atoms with Crippen LogP contribution in [-0.4, -0.2) is 10.1 Å². The minimum atomic E-state index is -0.407. The number of hydrogen-bond acceptors (Lipinski definition) is 5. The SMILES string of the molecule is CCC(Oc1ccccc1C(C)C)c1nc(C2(N)CCC2)no1. The summed E-state index contributed by atoms with van der Waals surface area (Å²) in [5, 5.41) is 4.09. The maximum Gasteiger partial charge on any atom is 0.267 e. The molecule has 5 nitrogen and oxygen atoms in total. The summed E-state index contributed by atoms with van der Waals surface area (Å²) in [5.41, 5.74) is 7.04. The molecule has 1 aliphatic carbocycles. The number of aromatic nitrogens is 2. The zero-order valence-corrected chi connectivity index (χ0v) is 14.1. The lowest BCUT2D eigenvalue weighted by molar-refractivity contribution is 0.152. The van der Waals surface area contributed by atoms with Crippen molar-refractivity contribution >= 4 is 0 Å². The highest BCUT2D eigenvalue weighted by molar-refractivity contribution is 5.35. The van der Waals surface area contributed by atoms with Gasteiger partial charge in [-0.05, 0) is 43.2 Å². The molecular formula is C18H25N3O2. The minimum absolute atomic E-state index is 0.250. The van der Waals surface area contributed by atoms with Gasteiger partial charge >= 0.3 is 0 Å². The molecule has 124 valence electrons. The van der Waals surface area contributed by atoms with Crippen LogP contribution in [0.5, 0.6) is 5.75 Å². The molecule has 0 spiro atoms. The Morgan fingerprint density at radius 3 is 2.65 bits per heavy atom. The van der Waals surface area contributed by atoms with Gasteiger partial charge in [0.25, 0.3) is 5.89 Å². The number of nitrogens with zero attached hydrogens (tertiary/aromatic N) is 2. The third kappa shape index (κ3) is 3.11. The molecule has 0 bridgehead atoms. The molecule has 1 saturated carbocycles. The number of ether oxygens (including phenoxy) is 1. The van der Waals surface area contributed by atoms with Crippen molar-refractivity contribution in [2.24, 2.45) is 5.73 Å². The number of nitrogens with two attached hydrogens (primary N) is 1. The molecule has 0 amide bonds. The van der Waals surface area contributed by atoms with Gasteiger partial charge in [0.05, 0.1) is 5.54 Å². The van der Waals surface area contributed by atoms with E-state index in [1.807, 2.05) is 25.1 Å². The first kappa shape index (κ1) is 16.0. The van der Waals surface area contributed by atoms with Crippen molar-refractivity contribution in [3.8, 4) is 5.75 Å². The number of rotatable bonds is 6. The lowest BCUT2D eigenvalue weighted by Gasteiger charge is -2.34. The highest BCUT2D eigenvalue weighted by Gasteiger charge is 2.39. The second-order valence-corrected chi connectivity index (χ2v) is 6.67. The smallest absolute Gasteiger partial charge is 0.267 e. The fourth-order valence-corrected chi connectivity index (χ4v) is 2.88. The van der Waals surface area contributed by atoms with Crippen molar-refractivity contribution in [1.82, 2.24) is 10.1 Å². The fourth-order valence-electron chi connectivity index (χ4n) is 2.88. The van der Waals surface area contributed by atoms with Gasteiger partial charge in [0, 0.05) is 0 Å². The van der Waals surface area contributed by atoms with E-state index >= 15 is 0 Å². The highest BCUT2D eigenvalue weighted by Crippen LogP contribution is 2.38. The molecule has 1 heterocycles. The van der Waals surface area contributed by atoms with Gasteiger partial charge in [-0.1, -0.05) is 44.1 Å². The van der Waals surface area contributed by atoms with E-state index < -0.39 is 5.54 Å². The largest absolute Gasteiger partial charge is 0.480 e. The molecule has 2 N–H and O–H groups in total. The first-order valence-electron chi connectivity index (χ1n) is 8.42. The van der Waals surface area contributed by atoms with E-state index in [1.165, 1.54) is 5.56 Å². The highest BCUT2D eigenvalue weighted by atomic mass is 16.5. The van der Waals surface area contributed by atoms with E-state index in [4.69, 9.17) is 15.0 Å². The Bertz CT molecular complexity index is 662. The van der Waals surface area contributed by atoms with Crippen LogP contribution >= 0.6 is 0 Å². The minimum Gasteiger partial charge on any atom is -0.480 e. The van der Waals surface area contributed by atoms with Crippen LogP contribution in [0.4, 0.5) is 0 Å². The number of benzene rings is 1. The van der Waals surface area contributed by atoms with E-state index in [0.717, 1.165) is 31.4 Å². The van der Waals surface area contributed by atoms with Crippen LogP contribution in [0.2, 0.25) is 0 Å². The van der Waals surface area contributed by atoms with Crippen molar-refractivity contribution in [1.29, 1.82) is 0 Å². The number of hydrogen-bond donors (Lipinski definition) is 1. The summed E-state index contributed by atoms with van der Waals surface area (Å²) in [4.78, 5) is 4.52. The van der Waals surface area contributed by atoms with Crippen LogP contribution in [0.1, 0.15) is 75.8 Å². The standard InChI is InChI=1S/C18H25N3O2/c1-4-14(22-15-9-6-5-8-13(15)12(2)3)16-20-17(21-23-16)18(19)10-7-11-18/h5-6,8-9,12,14H,4,7,10-11,19H2,1-3H3. The van der Waals surface area contributed by atoms with Crippen LogP contribution in [0.25, 0.3) is 0 Å². The van der Waals surface area contributed by atoms with E-state index in [2.05, 4.69) is 30.1 Å². The van der Waals surface area contributed by atoms with Gasteiger partial charge in [-0.25, -0.2) is 0 Å². The van der Waals surface area contributed by atoms with Gasteiger partial charge in [-0.15, -0.1) is 0 Å². The van der Waals surface area contributed by atoms with Gasteiger partial charge in [-0.2, -0.15) is 4.98 Å². The molecule has 1 fully saturated rings. The van der Waals surface area contributed by atoms with Gasteiger partial charge in [0.15, 0.2) is 11.9 Å². The molecular weight excluding hydrogens is 290 g/mol. The Morgan fingerprint density at radius 2 is 2.04 bits per heavy atom. The van der Waals surface area contributed by atoms with Gasteiger partial charge < -0.3 is 15.0 Å². The quantitative estimate of drug-likeness (QED) is 0.870. The fraction of sp³-hybridized carbons (Fsp3) is 0.556. The van der Waals surface area contributed by atoms with Crippen LogP contribution < -0.4 is 10.5 Å². The molecule has 1 aliphatic rings. The van der Waals surface area contributed by atoms with Gasteiger partial charge in [0.2, 0.25) is 0 Å². The summed E-state index contributed by atoms with van der Waals surface area (Å²) >= 11 is 0. The van der Waals surface area contributed by atoms with Crippen molar-refractivity contribution < 1.29 is 9.26 Å². The maximum atomic E-state index is 6.27. The average molecular weight is 315 g/mol. The molecule has 0 saturated heterocycles. The Morgan fingerprint density at radius 1 is 1.30 bits per heavy atom. The Labute approximate surface area is 137 Å². The predicted octanol–water partition coefficient (Wildman–Crippen LogP) is 4.06. The van der Waals surface area contributed by atoms with Crippen molar-refractivity contribution in [2.45, 2.75) is 64.0 Å². The Balaban J connectivity index is 1.81.